The fraction of sp³-hybridized carbons (Fsp3) is 0.381. The number of benzene rings is 2. The van der Waals surface area contributed by atoms with Gasteiger partial charge in [0.2, 0.25) is 5.91 Å². The van der Waals surface area contributed by atoms with E-state index in [4.69, 9.17) is 9.47 Å². The summed E-state index contributed by atoms with van der Waals surface area (Å²) < 4.78 is 10.5. The number of hydrogen-bond acceptors (Lipinski definition) is 4. The van der Waals surface area contributed by atoms with E-state index in [0.717, 1.165) is 23.2 Å². The lowest BCUT2D eigenvalue weighted by Crippen LogP contribution is -2.15. The lowest BCUT2D eigenvalue weighted by Gasteiger charge is -2.16. The van der Waals surface area contributed by atoms with Gasteiger partial charge < -0.3 is 19.9 Å². The van der Waals surface area contributed by atoms with Crippen molar-refractivity contribution in [3.05, 3.63) is 53.1 Å². The highest BCUT2D eigenvalue weighted by molar-refractivity contribution is 5.92. The number of hydrogen-bond donors (Lipinski definition) is 2. The van der Waals surface area contributed by atoms with Gasteiger partial charge in [0.25, 0.3) is 0 Å². The molecule has 0 aromatic heterocycles. The number of aryl methyl sites for hydroxylation is 2. The topological polar surface area (TPSA) is 67.8 Å². The molecule has 2 rings (SSSR count). The number of methoxy groups -OCH3 is 2. The largest absolute Gasteiger partial charge is 0.497 e. The molecule has 0 radical (unpaired) electrons. The van der Waals surface area contributed by atoms with Crippen molar-refractivity contribution in [1.82, 2.24) is 0 Å². The van der Waals surface area contributed by atoms with Gasteiger partial charge in [-0.2, -0.15) is 0 Å². The second-order valence-corrected chi connectivity index (χ2v) is 6.17. The Morgan fingerprint density at radius 2 is 1.96 bits per heavy atom. The van der Waals surface area contributed by atoms with E-state index in [1.54, 1.807) is 32.4 Å². The molecule has 0 spiro atoms. The van der Waals surface area contributed by atoms with Crippen LogP contribution in [-0.2, 0) is 11.2 Å². The Morgan fingerprint density at radius 1 is 1.19 bits per heavy atom. The molecule has 2 aromatic rings. The summed E-state index contributed by atoms with van der Waals surface area (Å²) in [6, 6.07) is 11.2. The first kappa shape index (κ1) is 19.8. The summed E-state index contributed by atoms with van der Waals surface area (Å²) in [4.78, 5) is 12.4. The quantitative estimate of drug-likeness (QED) is 0.748. The van der Waals surface area contributed by atoms with Crippen LogP contribution in [0.15, 0.2) is 36.4 Å². The summed E-state index contributed by atoms with van der Waals surface area (Å²) in [5.74, 6) is 1.09. The van der Waals surface area contributed by atoms with Crippen LogP contribution in [0.3, 0.4) is 0 Å². The third-order valence-electron chi connectivity index (χ3n) is 4.45. The minimum Gasteiger partial charge on any atom is -0.497 e. The van der Waals surface area contributed by atoms with Crippen molar-refractivity contribution in [3.8, 4) is 11.5 Å². The molecule has 0 aliphatic carbocycles. The fourth-order valence-corrected chi connectivity index (χ4v) is 2.92. The Hall–Kier alpha value is -2.53. The third-order valence-corrected chi connectivity index (χ3v) is 4.45. The zero-order chi connectivity index (χ0) is 19.1. The molecule has 0 aliphatic heterocycles. The number of nitrogens with one attached hydrogen (secondary N) is 1. The van der Waals surface area contributed by atoms with E-state index in [2.05, 4.69) is 12.2 Å². The maximum Gasteiger partial charge on any atom is 0.224 e. The number of para-hydroxylation sites is 1. The number of aliphatic hydroxyl groups is 1. The summed E-state index contributed by atoms with van der Waals surface area (Å²) in [6.07, 6.45) is 0.586. The van der Waals surface area contributed by atoms with Gasteiger partial charge in [0.1, 0.15) is 11.5 Å². The van der Waals surface area contributed by atoms with E-state index in [1.807, 2.05) is 25.1 Å². The number of carbonyl (C=O) groups excluding carboxylic acids is 1. The number of amides is 1. The zero-order valence-corrected chi connectivity index (χ0v) is 15.8. The second-order valence-electron chi connectivity index (χ2n) is 6.17. The van der Waals surface area contributed by atoms with Crippen LogP contribution in [-0.4, -0.2) is 25.2 Å². The van der Waals surface area contributed by atoms with Crippen LogP contribution in [0.2, 0.25) is 0 Å². The highest BCUT2D eigenvalue weighted by Gasteiger charge is 2.16. The highest BCUT2D eigenvalue weighted by Crippen LogP contribution is 2.31. The average molecular weight is 357 g/mol. The molecule has 1 atom stereocenters. The maximum absolute atomic E-state index is 12.4. The summed E-state index contributed by atoms with van der Waals surface area (Å²) in [5.41, 5.74) is 3.66. The van der Waals surface area contributed by atoms with Gasteiger partial charge in [-0.3, -0.25) is 4.79 Å². The Bertz CT molecular complexity index is 758. The Morgan fingerprint density at radius 3 is 2.62 bits per heavy atom. The van der Waals surface area contributed by atoms with Gasteiger partial charge in [-0.15, -0.1) is 0 Å². The summed E-state index contributed by atoms with van der Waals surface area (Å²) >= 11 is 0. The molecule has 0 aliphatic rings. The molecule has 1 unspecified atom stereocenters. The maximum atomic E-state index is 12.4. The molecular weight excluding hydrogens is 330 g/mol. The first-order valence-electron chi connectivity index (χ1n) is 8.78. The van der Waals surface area contributed by atoms with Crippen LogP contribution in [0.25, 0.3) is 0 Å². The molecule has 26 heavy (non-hydrogen) atoms. The molecule has 2 N–H and O–H groups in total. The van der Waals surface area contributed by atoms with Gasteiger partial charge in [0.15, 0.2) is 0 Å². The van der Waals surface area contributed by atoms with Crippen molar-refractivity contribution < 1.29 is 19.4 Å². The summed E-state index contributed by atoms with van der Waals surface area (Å²) in [7, 11) is 3.12. The lowest BCUT2D eigenvalue weighted by molar-refractivity contribution is -0.116. The number of aliphatic hydroxyl groups excluding tert-OH is 1. The Kier molecular flexibility index (Phi) is 7.04. The molecule has 5 nitrogen and oxygen atoms in total. The minimum absolute atomic E-state index is 0.111. The average Bonchev–Trinajstić information content (AvgIpc) is 2.67. The SMILES string of the molecule is CCc1cccc(C)c1NC(=O)CCC(O)c1ccc(OC)cc1OC. The number of anilines is 1. The van der Waals surface area contributed by atoms with Gasteiger partial charge in [-0.25, -0.2) is 0 Å². The van der Waals surface area contributed by atoms with E-state index in [-0.39, 0.29) is 12.3 Å². The molecule has 0 heterocycles. The summed E-state index contributed by atoms with van der Waals surface area (Å²) in [6.45, 7) is 4.04. The molecule has 1 amide bonds. The molecule has 0 saturated heterocycles. The predicted molar refractivity (Wildman–Crippen MR) is 103 cm³/mol. The predicted octanol–water partition coefficient (Wildman–Crippen LogP) is 4.03. The normalized spacial score (nSPS) is 11.7. The fourth-order valence-electron chi connectivity index (χ4n) is 2.92. The first-order chi connectivity index (χ1) is 12.5. The van der Waals surface area contributed by atoms with Crippen molar-refractivity contribution in [1.29, 1.82) is 0 Å². The van der Waals surface area contributed by atoms with Gasteiger partial charge in [0, 0.05) is 23.7 Å². The standard InChI is InChI=1S/C21H27NO4/c1-5-15-8-6-7-14(2)21(15)22-20(24)12-11-18(23)17-10-9-16(25-3)13-19(17)26-4/h6-10,13,18,23H,5,11-12H2,1-4H3,(H,22,24). The smallest absolute Gasteiger partial charge is 0.224 e. The zero-order valence-electron chi connectivity index (χ0n) is 15.8. The first-order valence-corrected chi connectivity index (χ1v) is 8.78. The van der Waals surface area contributed by atoms with Crippen LogP contribution in [0.4, 0.5) is 5.69 Å². The van der Waals surface area contributed by atoms with Crippen LogP contribution in [0, 0.1) is 6.92 Å². The van der Waals surface area contributed by atoms with E-state index in [1.165, 1.54) is 0 Å². The van der Waals surface area contributed by atoms with Crippen molar-refractivity contribution in [2.45, 2.75) is 39.2 Å². The van der Waals surface area contributed by atoms with Gasteiger partial charge in [0.05, 0.1) is 20.3 Å². The molecule has 0 saturated carbocycles. The van der Waals surface area contributed by atoms with Crippen molar-refractivity contribution >= 4 is 11.6 Å². The number of ether oxygens (including phenoxy) is 2. The highest BCUT2D eigenvalue weighted by atomic mass is 16.5. The minimum atomic E-state index is -0.788. The molecular formula is C21H27NO4. The van der Waals surface area contributed by atoms with Crippen LogP contribution in [0.1, 0.15) is 42.6 Å². The monoisotopic (exact) mass is 357 g/mol. The lowest BCUT2D eigenvalue weighted by atomic mass is 10.0. The van der Waals surface area contributed by atoms with Crippen LogP contribution in [0.5, 0.6) is 11.5 Å². The third kappa shape index (κ3) is 4.76. The van der Waals surface area contributed by atoms with E-state index in [0.29, 0.717) is 23.5 Å². The van der Waals surface area contributed by atoms with E-state index >= 15 is 0 Å². The number of carbonyl (C=O) groups is 1. The molecule has 2 aromatic carbocycles. The Balaban J connectivity index is 2.02. The van der Waals surface area contributed by atoms with Gasteiger partial charge in [-0.05, 0) is 43.0 Å². The Labute approximate surface area is 155 Å². The summed E-state index contributed by atoms with van der Waals surface area (Å²) in [5, 5.41) is 13.4. The molecule has 5 heteroatoms. The van der Waals surface area contributed by atoms with Crippen LogP contribution >= 0.6 is 0 Å². The van der Waals surface area contributed by atoms with Crippen molar-refractivity contribution in [3.63, 3.8) is 0 Å². The van der Waals surface area contributed by atoms with Crippen molar-refractivity contribution in [2.75, 3.05) is 19.5 Å². The van der Waals surface area contributed by atoms with Crippen LogP contribution < -0.4 is 14.8 Å². The van der Waals surface area contributed by atoms with E-state index in [9.17, 15) is 9.90 Å². The molecule has 0 fully saturated rings. The van der Waals surface area contributed by atoms with E-state index < -0.39 is 6.10 Å². The van der Waals surface area contributed by atoms with Gasteiger partial charge in [-0.1, -0.05) is 25.1 Å². The molecule has 140 valence electrons. The van der Waals surface area contributed by atoms with Gasteiger partial charge >= 0.3 is 0 Å². The second kappa shape index (κ2) is 9.25. The molecule has 0 bridgehead atoms. The van der Waals surface area contributed by atoms with Crippen molar-refractivity contribution in [2.24, 2.45) is 0 Å². The number of rotatable bonds is 8.